The number of carbonyl (C=O) groups is 1. The van der Waals surface area contributed by atoms with Gasteiger partial charge in [-0.1, -0.05) is 0 Å². The monoisotopic (exact) mass is 295 g/mol. The van der Waals surface area contributed by atoms with Crippen LogP contribution in [-0.2, 0) is 4.79 Å². The fourth-order valence-corrected chi connectivity index (χ4v) is 1.11. The van der Waals surface area contributed by atoms with Crippen LogP contribution in [0.4, 0.5) is 5.82 Å². The summed E-state index contributed by atoms with van der Waals surface area (Å²) in [6.45, 7) is 1.92. The Kier molecular flexibility index (Phi) is 13.2. The highest BCUT2D eigenvalue weighted by molar-refractivity contribution is 5.85. The lowest BCUT2D eigenvalue weighted by Gasteiger charge is -2.06. The molecule has 1 amide bonds. The van der Waals surface area contributed by atoms with Crippen LogP contribution < -0.4 is 16.0 Å². The van der Waals surface area contributed by atoms with Crippen molar-refractivity contribution >= 4 is 36.5 Å². The fraction of sp³-hybridized carbons (Fsp3) is 0.500. The van der Waals surface area contributed by atoms with Gasteiger partial charge in [-0.15, -0.1) is 24.8 Å². The minimum atomic E-state index is 0. The molecule has 8 heteroatoms. The van der Waals surface area contributed by atoms with Gasteiger partial charge in [0.1, 0.15) is 5.82 Å². The second-order valence-corrected chi connectivity index (χ2v) is 3.22. The minimum Gasteiger partial charge on any atom is -0.367 e. The molecule has 0 saturated heterocycles. The predicted octanol–water partition coefficient (Wildman–Crippen LogP) is 0.458. The molecule has 0 aliphatic rings. The topological polar surface area (TPSA) is 78.9 Å². The molecule has 0 aliphatic heterocycles. The lowest BCUT2D eigenvalue weighted by atomic mass is 10.4. The normalized spacial score (nSPS) is 8.72. The highest BCUT2D eigenvalue weighted by atomic mass is 35.5. The first-order valence-electron chi connectivity index (χ1n) is 5.24. The molecule has 0 atom stereocenters. The average Bonchev–Trinajstić information content (AvgIpc) is 2.33. The molecule has 0 spiro atoms. The highest BCUT2D eigenvalue weighted by Crippen LogP contribution is 1.94. The van der Waals surface area contributed by atoms with Crippen molar-refractivity contribution in [3.8, 4) is 0 Å². The molecule has 1 heterocycles. The van der Waals surface area contributed by atoms with E-state index in [0.717, 1.165) is 0 Å². The van der Waals surface area contributed by atoms with Gasteiger partial charge in [-0.25, -0.2) is 4.98 Å². The second-order valence-electron chi connectivity index (χ2n) is 3.22. The van der Waals surface area contributed by atoms with Crippen LogP contribution in [0.25, 0.3) is 0 Å². The summed E-state index contributed by atoms with van der Waals surface area (Å²) in [4.78, 5) is 19.2. The van der Waals surface area contributed by atoms with Gasteiger partial charge in [0.15, 0.2) is 0 Å². The van der Waals surface area contributed by atoms with Gasteiger partial charge in [0.25, 0.3) is 0 Å². The van der Waals surface area contributed by atoms with E-state index in [1.54, 1.807) is 18.6 Å². The Hall–Kier alpha value is -1.11. The smallest absolute Gasteiger partial charge is 0.221 e. The molecular weight excluding hydrogens is 277 g/mol. The third-order valence-electron chi connectivity index (χ3n) is 1.92. The lowest BCUT2D eigenvalue weighted by molar-refractivity contribution is -0.120. The molecule has 18 heavy (non-hydrogen) atoms. The molecule has 0 unspecified atom stereocenters. The van der Waals surface area contributed by atoms with Crippen LogP contribution in [0.3, 0.4) is 0 Å². The summed E-state index contributed by atoms with van der Waals surface area (Å²) in [7, 11) is 1.82. The van der Waals surface area contributed by atoms with E-state index < -0.39 is 0 Å². The first-order chi connectivity index (χ1) is 7.83. The Morgan fingerprint density at radius 3 is 2.61 bits per heavy atom. The van der Waals surface area contributed by atoms with Gasteiger partial charge < -0.3 is 16.0 Å². The number of nitrogens with one attached hydrogen (secondary N) is 3. The van der Waals surface area contributed by atoms with Crippen molar-refractivity contribution < 1.29 is 4.79 Å². The maximum atomic E-state index is 11.2. The third kappa shape index (κ3) is 8.98. The summed E-state index contributed by atoms with van der Waals surface area (Å²) < 4.78 is 0. The number of halogens is 2. The maximum absolute atomic E-state index is 11.2. The van der Waals surface area contributed by atoms with E-state index in [2.05, 4.69) is 25.9 Å². The number of hydrogen-bond acceptors (Lipinski definition) is 5. The van der Waals surface area contributed by atoms with Gasteiger partial charge in [0.2, 0.25) is 5.91 Å². The van der Waals surface area contributed by atoms with E-state index in [0.29, 0.717) is 31.9 Å². The number of aromatic nitrogens is 2. The SMILES string of the molecule is CNCCC(=O)NCCNc1cnccn1.Cl.Cl. The lowest BCUT2D eigenvalue weighted by Crippen LogP contribution is -2.30. The zero-order valence-electron chi connectivity index (χ0n) is 10.2. The number of carbonyl (C=O) groups excluding carboxylic acids is 1. The van der Waals surface area contributed by atoms with E-state index in [1.165, 1.54) is 0 Å². The maximum Gasteiger partial charge on any atom is 0.221 e. The average molecular weight is 296 g/mol. The first kappa shape index (κ1) is 19.2. The molecule has 0 aromatic carbocycles. The molecule has 104 valence electrons. The minimum absolute atomic E-state index is 0. The van der Waals surface area contributed by atoms with Gasteiger partial charge in [0.05, 0.1) is 6.20 Å². The number of nitrogens with zero attached hydrogens (tertiary/aromatic N) is 2. The zero-order chi connectivity index (χ0) is 11.6. The summed E-state index contributed by atoms with van der Waals surface area (Å²) in [5.74, 6) is 0.766. The van der Waals surface area contributed by atoms with Gasteiger partial charge >= 0.3 is 0 Å². The quantitative estimate of drug-likeness (QED) is 0.637. The molecule has 0 saturated carbocycles. The van der Waals surface area contributed by atoms with Gasteiger partial charge in [-0.2, -0.15) is 0 Å². The zero-order valence-corrected chi connectivity index (χ0v) is 11.8. The van der Waals surface area contributed by atoms with Crippen LogP contribution in [0.5, 0.6) is 0 Å². The summed E-state index contributed by atoms with van der Waals surface area (Å²) >= 11 is 0. The summed E-state index contributed by atoms with van der Waals surface area (Å²) in [5, 5.41) is 8.77. The van der Waals surface area contributed by atoms with Crippen LogP contribution in [-0.4, -0.2) is 42.6 Å². The van der Waals surface area contributed by atoms with E-state index in [4.69, 9.17) is 0 Å². The fourth-order valence-electron chi connectivity index (χ4n) is 1.11. The van der Waals surface area contributed by atoms with Crippen molar-refractivity contribution in [3.63, 3.8) is 0 Å². The van der Waals surface area contributed by atoms with Crippen molar-refractivity contribution in [3.05, 3.63) is 18.6 Å². The largest absolute Gasteiger partial charge is 0.367 e. The van der Waals surface area contributed by atoms with Crippen LogP contribution in [0.2, 0.25) is 0 Å². The molecule has 1 rings (SSSR count). The summed E-state index contributed by atoms with van der Waals surface area (Å²) in [6.07, 6.45) is 5.38. The Balaban J connectivity index is 0. The van der Waals surface area contributed by atoms with Crippen molar-refractivity contribution in [2.75, 3.05) is 32.0 Å². The van der Waals surface area contributed by atoms with Crippen molar-refractivity contribution in [2.45, 2.75) is 6.42 Å². The third-order valence-corrected chi connectivity index (χ3v) is 1.92. The van der Waals surface area contributed by atoms with Crippen molar-refractivity contribution in [2.24, 2.45) is 0 Å². The molecule has 0 aliphatic carbocycles. The second kappa shape index (κ2) is 12.3. The molecule has 0 bridgehead atoms. The van der Waals surface area contributed by atoms with Gasteiger partial charge in [0, 0.05) is 38.4 Å². The summed E-state index contributed by atoms with van der Waals surface area (Å²) in [6, 6.07) is 0. The van der Waals surface area contributed by atoms with Crippen LogP contribution in [0, 0.1) is 0 Å². The summed E-state index contributed by atoms with van der Waals surface area (Å²) in [5.41, 5.74) is 0. The van der Waals surface area contributed by atoms with E-state index in [9.17, 15) is 4.79 Å². The van der Waals surface area contributed by atoms with Crippen LogP contribution >= 0.6 is 24.8 Å². The van der Waals surface area contributed by atoms with Crippen LogP contribution in [0.1, 0.15) is 6.42 Å². The van der Waals surface area contributed by atoms with E-state index in [1.807, 2.05) is 7.05 Å². The Bertz CT molecular complexity index is 312. The number of rotatable bonds is 7. The van der Waals surface area contributed by atoms with Crippen LogP contribution in [0.15, 0.2) is 18.6 Å². The molecule has 6 nitrogen and oxygen atoms in total. The molecule has 0 fully saturated rings. The molecule has 1 aromatic heterocycles. The Morgan fingerprint density at radius 1 is 1.22 bits per heavy atom. The van der Waals surface area contributed by atoms with Gasteiger partial charge in [-0.05, 0) is 7.05 Å². The Labute approximate surface area is 119 Å². The molecule has 0 radical (unpaired) electrons. The predicted molar refractivity (Wildman–Crippen MR) is 76.6 cm³/mol. The first-order valence-corrected chi connectivity index (χ1v) is 5.24. The van der Waals surface area contributed by atoms with E-state index >= 15 is 0 Å². The number of hydrogen-bond donors (Lipinski definition) is 3. The van der Waals surface area contributed by atoms with Gasteiger partial charge in [-0.3, -0.25) is 9.78 Å². The molecule has 3 N–H and O–H groups in total. The molecular formula is C10H19Cl2N5O. The highest BCUT2D eigenvalue weighted by Gasteiger charge is 1.98. The van der Waals surface area contributed by atoms with Crippen molar-refractivity contribution in [1.82, 2.24) is 20.6 Å². The number of amides is 1. The molecule has 1 aromatic rings. The Morgan fingerprint density at radius 2 is 2.00 bits per heavy atom. The number of anilines is 1. The van der Waals surface area contributed by atoms with Crippen molar-refractivity contribution in [1.29, 1.82) is 0 Å². The van der Waals surface area contributed by atoms with E-state index in [-0.39, 0.29) is 30.7 Å². The standard InChI is InChI=1S/C10H17N5O.2ClH/c1-11-3-2-10(16)15-7-6-14-9-8-12-4-5-13-9;;/h4-5,8,11H,2-3,6-7H2,1H3,(H,13,14)(H,15,16);2*1H.